The van der Waals surface area contributed by atoms with Crippen molar-refractivity contribution in [3.63, 3.8) is 0 Å². The number of aromatic hydroxyl groups is 1. The molecule has 0 unspecified atom stereocenters. The molecule has 0 heterocycles. The van der Waals surface area contributed by atoms with Crippen LogP contribution in [0, 0.1) is 5.82 Å². The summed E-state index contributed by atoms with van der Waals surface area (Å²) < 4.78 is 18.4. The van der Waals surface area contributed by atoms with E-state index in [0.29, 0.717) is 12.0 Å². The van der Waals surface area contributed by atoms with Crippen molar-refractivity contribution in [1.82, 2.24) is 0 Å². The maximum atomic E-state index is 13.5. The third-order valence-corrected chi connectivity index (χ3v) is 2.24. The van der Waals surface area contributed by atoms with Crippen molar-refractivity contribution in [3.05, 3.63) is 23.0 Å². The SMILES string of the molecule is CCc1cc(C(C)=O)c(O)c(F)c1OC. The lowest BCUT2D eigenvalue weighted by Gasteiger charge is -2.11. The lowest BCUT2D eigenvalue weighted by Crippen LogP contribution is -2.01. The molecule has 0 amide bonds. The monoisotopic (exact) mass is 212 g/mol. The van der Waals surface area contributed by atoms with E-state index < -0.39 is 11.6 Å². The minimum absolute atomic E-state index is 0.000000000000000222. The Kier molecular flexibility index (Phi) is 3.29. The predicted molar refractivity (Wildman–Crippen MR) is 54.0 cm³/mol. The summed E-state index contributed by atoms with van der Waals surface area (Å²) >= 11 is 0. The minimum atomic E-state index is -0.873. The number of hydrogen-bond acceptors (Lipinski definition) is 3. The number of phenolic OH excluding ortho intramolecular Hbond substituents is 1. The standard InChI is InChI=1S/C11H13FO3/c1-4-7-5-8(6(2)13)10(14)9(12)11(7)15-3/h5,14H,4H2,1-3H3. The molecule has 1 N–H and O–H groups in total. The van der Waals surface area contributed by atoms with Crippen LogP contribution in [-0.4, -0.2) is 18.0 Å². The first-order valence-electron chi connectivity index (χ1n) is 4.62. The van der Waals surface area contributed by atoms with Crippen LogP contribution in [0.3, 0.4) is 0 Å². The van der Waals surface area contributed by atoms with E-state index in [2.05, 4.69) is 0 Å². The van der Waals surface area contributed by atoms with Gasteiger partial charge in [0.2, 0.25) is 5.82 Å². The van der Waals surface area contributed by atoms with Crippen molar-refractivity contribution >= 4 is 5.78 Å². The van der Waals surface area contributed by atoms with Crippen LogP contribution in [0.5, 0.6) is 11.5 Å². The molecule has 0 aliphatic rings. The van der Waals surface area contributed by atoms with Crippen LogP contribution in [0.1, 0.15) is 29.8 Å². The molecule has 1 rings (SSSR count). The van der Waals surface area contributed by atoms with Crippen LogP contribution in [0.4, 0.5) is 4.39 Å². The van der Waals surface area contributed by atoms with E-state index in [4.69, 9.17) is 4.74 Å². The van der Waals surface area contributed by atoms with Crippen LogP contribution in [0.15, 0.2) is 6.07 Å². The number of carbonyl (C=O) groups is 1. The van der Waals surface area contributed by atoms with Crippen molar-refractivity contribution in [3.8, 4) is 11.5 Å². The summed E-state index contributed by atoms with van der Waals surface area (Å²) in [5.74, 6) is -1.89. The fourth-order valence-corrected chi connectivity index (χ4v) is 1.43. The van der Waals surface area contributed by atoms with Crippen LogP contribution in [-0.2, 0) is 6.42 Å². The second-order valence-corrected chi connectivity index (χ2v) is 3.19. The molecule has 15 heavy (non-hydrogen) atoms. The normalized spacial score (nSPS) is 10.1. The molecule has 0 saturated heterocycles. The van der Waals surface area contributed by atoms with E-state index in [1.165, 1.54) is 20.1 Å². The van der Waals surface area contributed by atoms with E-state index in [1.807, 2.05) is 6.92 Å². The van der Waals surface area contributed by atoms with Gasteiger partial charge in [0, 0.05) is 0 Å². The average molecular weight is 212 g/mol. The number of methoxy groups -OCH3 is 1. The maximum absolute atomic E-state index is 13.5. The summed E-state index contributed by atoms with van der Waals surface area (Å²) in [5, 5.41) is 9.42. The van der Waals surface area contributed by atoms with E-state index >= 15 is 0 Å². The Morgan fingerprint density at radius 2 is 2.20 bits per heavy atom. The number of Topliss-reactive ketones (excluding diaryl/α,β-unsaturated/α-hetero) is 1. The molecular formula is C11H13FO3. The van der Waals surface area contributed by atoms with E-state index in [9.17, 15) is 14.3 Å². The summed E-state index contributed by atoms with van der Waals surface area (Å²) in [5.41, 5.74) is 0.558. The van der Waals surface area contributed by atoms with E-state index in [0.717, 1.165) is 0 Å². The Labute approximate surface area is 87.5 Å². The summed E-state index contributed by atoms with van der Waals surface area (Å²) in [6.07, 6.45) is 0.528. The molecule has 4 heteroatoms. The van der Waals surface area contributed by atoms with E-state index in [1.54, 1.807) is 0 Å². The van der Waals surface area contributed by atoms with Gasteiger partial charge in [-0.15, -0.1) is 0 Å². The van der Waals surface area contributed by atoms with Crippen LogP contribution in [0.25, 0.3) is 0 Å². The summed E-state index contributed by atoms with van der Waals surface area (Å²) in [6, 6.07) is 1.46. The highest BCUT2D eigenvalue weighted by molar-refractivity contribution is 5.97. The van der Waals surface area contributed by atoms with E-state index in [-0.39, 0.29) is 17.1 Å². The van der Waals surface area contributed by atoms with Gasteiger partial charge in [0.15, 0.2) is 17.3 Å². The molecule has 0 atom stereocenters. The third-order valence-electron chi connectivity index (χ3n) is 2.24. The third kappa shape index (κ3) is 1.93. The van der Waals surface area contributed by atoms with Crippen molar-refractivity contribution in [1.29, 1.82) is 0 Å². The molecular weight excluding hydrogens is 199 g/mol. The number of ketones is 1. The Morgan fingerprint density at radius 1 is 1.60 bits per heavy atom. The molecule has 3 nitrogen and oxygen atoms in total. The number of phenols is 1. The summed E-state index contributed by atoms with van der Waals surface area (Å²) in [4.78, 5) is 11.1. The molecule has 0 aliphatic carbocycles. The first-order chi connectivity index (χ1) is 7.02. The van der Waals surface area contributed by atoms with Gasteiger partial charge in [0.05, 0.1) is 12.7 Å². The molecule has 0 bridgehead atoms. The highest BCUT2D eigenvalue weighted by Crippen LogP contribution is 2.33. The van der Waals surface area contributed by atoms with Gasteiger partial charge in [-0.25, -0.2) is 0 Å². The molecule has 1 aromatic rings. The number of aryl methyl sites for hydroxylation is 1. The topological polar surface area (TPSA) is 46.5 Å². The van der Waals surface area contributed by atoms with Gasteiger partial charge in [0.1, 0.15) is 0 Å². The minimum Gasteiger partial charge on any atom is -0.504 e. The molecule has 0 radical (unpaired) electrons. The smallest absolute Gasteiger partial charge is 0.207 e. The van der Waals surface area contributed by atoms with Gasteiger partial charge in [-0.05, 0) is 25.0 Å². The number of carbonyl (C=O) groups excluding carboxylic acids is 1. The number of hydrogen-bond donors (Lipinski definition) is 1. The lowest BCUT2D eigenvalue weighted by atomic mass is 10.0. The molecule has 0 fully saturated rings. The Hall–Kier alpha value is -1.58. The van der Waals surface area contributed by atoms with Crippen molar-refractivity contribution in [2.75, 3.05) is 7.11 Å². The Bertz CT molecular complexity index is 399. The first-order valence-corrected chi connectivity index (χ1v) is 4.62. The zero-order chi connectivity index (χ0) is 11.6. The average Bonchev–Trinajstić information content (AvgIpc) is 2.21. The summed E-state index contributed by atoms with van der Waals surface area (Å²) in [7, 11) is 1.32. The second-order valence-electron chi connectivity index (χ2n) is 3.19. The second kappa shape index (κ2) is 4.29. The fourth-order valence-electron chi connectivity index (χ4n) is 1.43. The van der Waals surface area contributed by atoms with Gasteiger partial charge in [-0.1, -0.05) is 6.92 Å². The maximum Gasteiger partial charge on any atom is 0.207 e. The van der Waals surface area contributed by atoms with Crippen LogP contribution >= 0.6 is 0 Å². The zero-order valence-corrected chi connectivity index (χ0v) is 8.93. The number of halogens is 1. The van der Waals surface area contributed by atoms with Gasteiger partial charge in [-0.3, -0.25) is 4.79 Å². The fraction of sp³-hybridized carbons (Fsp3) is 0.364. The van der Waals surface area contributed by atoms with Crippen molar-refractivity contribution < 1.29 is 19.0 Å². The van der Waals surface area contributed by atoms with Crippen LogP contribution < -0.4 is 4.74 Å². The van der Waals surface area contributed by atoms with Gasteiger partial charge in [0.25, 0.3) is 0 Å². The molecule has 0 saturated carbocycles. The highest BCUT2D eigenvalue weighted by Gasteiger charge is 2.19. The number of rotatable bonds is 3. The molecule has 0 spiro atoms. The summed E-state index contributed by atoms with van der Waals surface area (Å²) in [6.45, 7) is 3.10. The zero-order valence-electron chi connectivity index (χ0n) is 8.93. The Morgan fingerprint density at radius 3 is 2.60 bits per heavy atom. The lowest BCUT2D eigenvalue weighted by molar-refractivity contribution is 0.101. The quantitative estimate of drug-likeness (QED) is 0.782. The molecule has 82 valence electrons. The van der Waals surface area contributed by atoms with Crippen molar-refractivity contribution in [2.45, 2.75) is 20.3 Å². The van der Waals surface area contributed by atoms with Gasteiger partial charge in [-0.2, -0.15) is 4.39 Å². The highest BCUT2D eigenvalue weighted by atomic mass is 19.1. The van der Waals surface area contributed by atoms with Crippen LogP contribution in [0.2, 0.25) is 0 Å². The Balaban J connectivity index is 3.49. The van der Waals surface area contributed by atoms with Crippen molar-refractivity contribution in [2.24, 2.45) is 0 Å². The number of benzene rings is 1. The first kappa shape index (κ1) is 11.5. The van der Waals surface area contributed by atoms with Gasteiger partial charge < -0.3 is 9.84 Å². The van der Waals surface area contributed by atoms with Gasteiger partial charge >= 0.3 is 0 Å². The molecule has 0 aromatic heterocycles. The largest absolute Gasteiger partial charge is 0.504 e. The predicted octanol–water partition coefficient (Wildman–Crippen LogP) is 2.30. The molecule has 1 aromatic carbocycles. The molecule has 0 aliphatic heterocycles. The number of ether oxygens (including phenoxy) is 1.